The molecule has 29 heavy (non-hydrogen) atoms. The van der Waals surface area contributed by atoms with Crippen LogP contribution in [0.3, 0.4) is 0 Å². The first kappa shape index (κ1) is 17.8. The van der Waals surface area contributed by atoms with Crippen molar-refractivity contribution >= 4 is 28.5 Å². The Morgan fingerprint density at radius 1 is 1.17 bits per heavy atom. The first-order valence-corrected chi connectivity index (χ1v) is 9.80. The molecule has 1 aliphatic heterocycles. The van der Waals surface area contributed by atoms with Gasteiger partial charge in [0.1, 0.15) is 11.3 Å². The molecular weight excluding hydrogens is 370 g/mol. The second kappa shape index (κ2) is 6.95. The molecule has 2 aliphatic rings. The lowest BCUT2D eigenvalue weighted by atomic mass is 10.0. The SMILES string of the molecule is COC(=O)C1CN(C(=O)Cc2coc3cc4c(cc23)CCC4)c2ccccc2O1. The number of benzene rings is 2. The number of amides is 1. The Morgan fingerprint density at radius 3 is 2.79 bits per heavy atom. The van der Waals surface area contributed by atoms with E-state index in [4.69, 9.17) is 13.9 Å². The number of hydrogen-bond acceptors (Lipinski definition) is 5. The molecule has 0 saturated heterocycles. The average molecular weight is 391 g/mol. The van der Waals surface area contributed by atoms with Crippen LogP contribution in [0.4, 0.5) is 5.69 Å². The highest BCUT2D eigenvalue weighted by atomic mass is 16.6. The van der Waals surface area contributed by atoms with Gasteiger partial charge in [-0.05, 0) is 54.7 Å². The molecule has 0 saturated carbocycles. The molecule has 2 aromatic carbocycles. The molecule has 3 aromatic rings. The molecule has 1 amide bonds. The summed E-state index contributed by atoms with van der Waals surface area (Å²) in [6.45, 7) is 0.119. The molecule has 0 radical (unpaired) electrons. The van der Waals surface area contributed by atoms with Gasteiger partial charge in [0.15, 0.2) is 0 Å². The van der Waals surface area contributed by atoms with E-state index in [1.54, 1.807) is 17.2 Å². The minimum Gasteiger partial charge on any atom is -0.475 e. The molecule has 6 heteroatoms. The number of carbonyl (C=O) groups is 2. The second-order valence-electron chi connectivity index (χ2n) is 7.51. The first-order valence-electron chi connectivity index (χ1n) is 9.80. The maximum absolute atomic E-state index is 13.2. The Bertz CT molecular complexity index is 1120. The van der Waals surface area contributed by atoms with Gasteiger partial charge in [0.2, 0.25) is 12.0 Å². The van der Waals surface area contributed by atoms with Crippen molar-refractivity contribution in [3.05, 3.63) is 59.4 Å². The summed E-state index contributed by atoms with van der Waals surface area (Å²) < 4.78 is 16.3. The molecule has 6 nitrogen and oxygen atoms in total. The van der Waals surface area contributed by atoms with Crippen molar-refractivity contribution < 1.29 is 23.5 Å². The van der Waals surface area contributed by atoms with Crippen molar-refractivity contribution in [3.8, 4) is 5.75 Å². The number of anilines is 1. The number of carbonyl (C=O) groups excluding carboxylic acids is 2. The van der Waals surface area contributed by atoms with E-state index < -0.39 is 12.1 Å². The lowest BCUT2D eigenvalue weighted by Crippen LogP contribution is -2.48. The van der Waals surface area contributed by atoms with Crippen molar-refractivity contribution in [1.82, 2.24) is 0 Å². The van der Waals surface area contributed by atoms with Crippen LogP contribution in [0.15, 0.2) is 47.1 Å². The number of aryl methyl sites for hydroxylation is 2. The smallest absolute Gasteiger partial charge is 0.348 e. The third-order valence-corrected chi connectivity index (χ3v) is 5.75. The van der Waals surface area contributed by atoms with Crippen molar-refractivity contribution in [2.24, 2.45) is 0 Å². The number of esters is 1. The maximum atomic E-state index is 13.2. The second-order valence-corrected chi connectivity index (χ2v) is 7.51. The van der Waals surface area contributed by atoms with Crippen LogP contribution in [-0.4, -0.2) is 31.6 Å². The Labute approximate surface area is 168 Å². The van der Waals surface area contributed by atoms with Gasteiger partial charge >= 0.3 is 5.97 Å². The molecule has 148 valence electrons. The van der Waals surface area contributed by atoms with Gasteiger partial charge in [0.05, 0.1) is 32.0 Å². The predicted molar refractivity (Wildman–Crippen MR) is 107 cm³/mol. The molecule has 1 aromatic heterocycles. The summed E-state index contributed by atoms with van der Waals surface area (Å²) in [5.41, 5.74) is 5.02. The molecule has 5 rings (SSSR count). The summed E-state index contributed by atoms with van der Waals surface area (Å²) in [5, 5.41) is 0.991. The Hall–Kier alpha value is -3.28. The zero-order valence-corrected chi connectivity index (χ0v) is 16.1. The number of methoxy groups -OCH3 is 1. The summed E-state index contributed by atoms with van der Waals surface area (Å²) in [4.78, 5) is 26.9. The van der Waals surface area contributed by atoms with Crippen LogP contribution in [0.2, 0.25) is 0 Å². The number of ether oxygens (including phenoxy) is 2. The zero-order chi connectivity index (χ0) is 20.0. The largest absolute Gasteiger partial charge is 0.475 e. The Balaban J connectivity index is 1.46. The molecule has 0 N–H and O–H groups in total. The van der Waals surface area contributed by atoms with Crippen LogP contribution in [0, 0.1) is 0 Å². The molecule has 2 heterocycles. The predicted octanol–water partition coefficient (Wildman–Crippen LogP) is 3.43. The lowest BCUT2D eigenvalue weighted by molar-refractivity contribution is -0.148. The molecule has 1 aliphatic carbocycles. The van der Waals surface area contributed by atoms with Gasteiger partial charge in [-0.25, -0.2) is 4.79 Å². The van der Waals surface area contributed by atoms with E-state index in [1.807, 2.05) is 18.2 Å². The van der Waals surface area contributed by atoms with Crippen LogP contribution in [0.25, 0.3) is 11.0 Å². The monoisotopic (exact) mass is 391 g/mol. The third-order valence-electron chi connectivity index (χ3n) is 5.75. The number of rotatable bonds is 3. The molecule has 0 fully saturated rings. The topological polar surface area (TPSA) is 69.0 Å². The van der Waals surface area contributed by atoms with E-state index in [0.29, 0.717) is 11.4 Å². The fourth-order valence-corrected chi connectivity index (χ4v) is 4.27. The summed E-state index contributed by atoms with van der Waals surface area (Å²) in [7, 11) is 1.31. The summed E-state index contributed by atoms with van der Waals surface area (Å²) in [5.74, 6) is -0.114. The van der Waals surface area contributed by atoms with Crippen LogP contribution >= 0.6 is 0 Å². The van der Waals surface area contributed by atoms with Gasteiger partial charge in [0, 0.05) is 10.9 Å². The van der Waals surface area contributed by atoms with Gasteiger partial charge in [0.25, 0.3) is 0 Å². The summed E-state index contributed by atoms with van der Waals surface area (Å²) in [6, 6.07) is 11.5. The van der Waals surface area contributed by atoms with Crippen molar-refractivity contribution in [2.45, 2.75) is 31.8 Å². The van der Waals surface area contributed by atoms with E-state index in [-0.39, 0.29) is 18.9 Å². The molecule has 1 unspecified atom stereocenters. The fourth-order valence-electron chi connectivity index (χ4n) is 4.27. The lowest BCUT2D eigenvalue weighted by Gasteiger charge is -2.33. The standard InChI is InChI=1S/C23H21NO5/c1-27-23(26)21-12-24(18-7-2-3-8-19(18)29-21)22(25)11-16-13-28-20-10-15-6-4-5-14(15)9-17(16)20/h2-3,7-10,13,21H,4-6,11-12H2,1H3. The van der Waals surface area contributed by atoms with Gasteiger partial charge in [-0.3, -0.25) is 4.79 Å². The van der Waals surface area contributed by atoms with Crippen LogP contribution in [0.5, 0.6) is 5.75 Å². The number of hydrogen-bond donors (Lipinski definition) is 0. The highest BCUT2D eigenvalue weighted by Gasteiger charge is 2.34. The zero-order valence-electron chi connectivity index (χ0n) is 16.1. The van der Waals surface area contributed by atoms with Gasteiger partial charge in [-0.1, -0.05) is 12.1 Å². The van der Waals surface area contributed by atoms with Crippen LogP contribution in [-0.2, 0) is 33.6 Å². The fraction of sp³-hybridized carbons (Fsp3) is 0.304. The third kappa shape index (κ3) is 3.05. The van der Waals surface area contributed by atoms with E-state index >= 15 is 0 Å². The van der Waals surface area contributed by atoms with E-state index in [2.05, 4.69) is 12.1 Å². The minimum atomic E-state index is -0.844. The molecule has 0 spiro atoms. The van der Waals surface area contributed by atoms with Crippen LogP contribution in [0.1, 0.15) is 23.1 Å². The van der Waals surface area contributed by atoms with Gasteiger partial charge in [-0.2, -0.15) is 0 Å². The van der Waals surface area contributed by atoms with Gasteiger partial charge < -0.3 is 18.8 Å². The van der Waals surface area contributed by atoms with Gasteiger partial charge in [-0.15, -0.1) is 0 Å². The maximum Gasteiger partial charge on any atom is 0.348 e. The first-order chi connectivity index (χ1) is 14.1. The normalized spacial score (nSPS) is 17.6. The summed E-state index contributed by atoms with van der Waals surface area (Å²) >= 11 is 0. The number of nitrogens with zero attached hydrogens (tertiary/aromatic N) is 1. The molecule has 1 atom stereocenters. The minimum absolute atomic E-state index is 0.113. The Morgan fingerprint density at radius 2 is 1.97 bits per heavy atom. The van der Waals surface area contributed by atoms with E-state index in [9.17, 15) is 9.59 Å². The van der Waals surface area contributed by atoms with Crippen molar-refractivity contribution in [2.75, 3.05) is 18.6 Å². The van der Waals surface area contributed by atoms with Crippen molar-refractivity contribution in [1.29, 1.82) is 0 Å². The molecule has 0 bridgehead atoms. The number of fused-ring (bicyclic) bond motifs is 3. The Kier molecular flexibility index (Phi) is 4.27. The number of para-hydroxylation sites is 2. The van der Waals surface area contributed by atoms with E-state index in [1.165, 1.54) is 18.2 Å². The highest BCUT2D eigenvalue weighted by Crippen LogP contribution is 2.35. The van der Waals surface area contributed by atoms with Crippen molar-refractivity contribution in [3.63, 3.8) is 0 Å². The number of furan rings is 1. The van der Waals surface area contributed by atoms with E-state index in [0.717, 1.165) is 35.8 Å². The summed E-state index contributed by atoms with van der Waals surface area (Å²) in [6.07, 6.45) is 4.33. The van der Waals surface area contributed by atoms with Crippen LogP contribution < -0.4 is 9.64 Å². The molecular formula is C23H21NO5. The highest BCUT2D eigenvalue weighted by molar-refractivity contribution is 5.99. The average Bonchev–Trinajstić information content (AvgIpc) is 3.37. The quantitative estimate of drug-likeness (QED) is 0.640.